The second-order valence-electron chi connectivity index (χ2n) is 5.40. The summed E-state index contributed by atoms with van der Waals surface area (Å²) in [6.45, 7) is 2.95. The van der Waals surface area contributed by atoms with Crippen LogP contribution in [0.15, 0.2) is 48.7 Å². The van der Waals surface area contributed by atoms with Gasteiger partial charge in [-0.25, -0.2) is 0 Å². The van der Waals surface area contributed by atoms with Crippen molar-refractivity contribution in [1.29, 1.82) is 0 Å². The molecule has 0 N–H and O–H groups in total. The van der Waals surface area contributed by atoms with Crippen molar-refractivity contribution >= 4 is 5.69 Å². The Morgan fingerprint density at radius 2 is 2.05 bits per heavy atom. The number of rotatable bonds is 4. The summed E-state index contributed by atoms with van der Waals surface area (Å²) >= 11 is 0. The molecule has 2 heterocycles. The van der Waals surface area contributed by atoms with Gasteiger partial charge in [0.1, 0.15) is 6.20 Å². The molecule has 1 atom stereocenters. The fraction of sp³-hybridized carbons (Fsp3) is 0.312. The molecule has 108 valence electrons. The Hall–Kier alpha value is -2.27. The van der Waals surface area contributed by atoms with Crippen molar-refractivity contribution in [2.24, 2.45) is 0 Å². The molecule has 5 nitrogen and oxygen atoms in total. The summed E-state index contributed by atoms with van der Waals surface area (Å²) < 4.78 is 0. The van der Waals surface area contributed by atoms with E-state index in [1.165, 1.54) is 11.8 Å². The molecule has 5 heteroatoms. The van der Waals surface area contributed by atoms with Gasteiger partial charge >= 0.3 is 0 Å². The van der Waals surface area contributed by atoms with Crippen molar-refractivity contribution < 1.29 is 4.92 Å². The average Bonchev–Trinajstić information content (AvgIpc) is 2.97. The van der Waals surface area contributed by atoms with Gasteiger partial charge in [0.25, 0.3) is 5.69 Å². The van der Waals surface area contributed by atoms with Crippen LogP contribution in [0.25, 0.3) is 0 Å². The van der Waals surface area contributed by atoms with Crippen LogP contribution in [-0.2, 0) is 6.54 Å². The van der Waals surface area contributed by atoms with Gasteiger partial charge in [0, 0.05) is 30.8 Å². The third-order valence-corrected chi connectivity index (χ3v) is 3.92. The molecule has 1 aromatic carbocycles. The molecule has 1 aliphatic rings. The van der Waals surface area contributed by atoms with Crippen LogP contribution in [0.3, 0.4) is 0 Å². The molecule has 1 unspecified atom stereocenters. The van der Waals surface area contributed by atoms with E-state index in [1.807, 2.05) is 6.07 Å². The predicted molar refractivity (Wildman–Crippen MR) is 80.0 cm³/mol. The number of hydrogen-bond donors (Lipinski definition) is 0. The number of pyridine rings is 1. The molecule has 0 aliphatic carbocycles. The molecule has 0 spiro atoms. The lowest BCUT2D eigenvalue weighted by Gasteiger charge is -2.15. The predicted octanol–water partition coefficient (Wildman–Crippen LogP) is 2.98. The first kappa shape index (κ1) is 13.7. The number of aromatic nitrogens is 1. The van der Waals surface area contributed by atoms with E-state index in [9.17, 15) is 10.1 Å². The van der Waals surface area contributed by atoms with Gasteiger partial charge in [-0.1, -0.05) is 30.3 Å². The molecule has 21 heavy (non-hydrogen) atoms. The van der Waals surface area contributed by atoms with E-state index < -0.39 is 4.92 Å². The molecule has 0 bridgehead atoms. The van der Waals surface area contributed by atoms with Gasteiger partial charge in [0.05, 0.1) is 4.92 Å². The normalized spacial score (nSPS) is 18.8. The highest BCUT2D eigenvalue weighted by Gasteiger charge is 2.25. The van der Waals surface area contributed by atoms with E-state index in [1.54, 1.807) is 12.1 Å². The second-order valence-corrected chi connectivity index (χ2v) is 5.40. The zero-order valence-electron chi connectivity index (χ0n) is 11.7. The quantitative estimate of drug-likeness (QED) is 0.639. The van der Waals surface area contributed by atoms with Crippen LogP contribution in [0.1, 0.15) is 23.6 Å². The van der Waals surface area contributed by atoms with Crippen LogP contribution < -0.4 is 0 Å². The standard InChI is InChI=1S/C16H17N3O2/c20-19(21)15-6-7-16(17-10-15)14-8-9-18(12-14)11-13-4-2-1-3-5-13/h1-7,10,14H,8-9,11-12H2. The lowest BCUT2D eigenvalue weighted by Crippen LogP contribution is -2.19. The third-order valence-electron chi connectivity index (χ3n) is 3.92. The maximum absolute atomic E-state index is 10.6. The molecule has 1 saturated heterocycles. The molecule has 1 aromatic heterocycles. The molecule has 0 radical (unpaired) electrons. The summed E-state index contributed by atoms with van der Waals surface area (Å²) in [5.41, 5.74) is 2.32. The maximum atomic E-state index is 10.6. The molecule has 2 aromatic rings. The highest BCUT2D eigenvalue weighted by molar-refractivity contribution is 5.28. The molecule has 0 amide bonds. The first-order chi connectivity index (χ1) is 10.2. The minimum atomic E-state index is -0.410. The summed E-state index contributed by atoms with van der Waals surface area (Å²) in [6, 6.07) is 13.7. The van der Waals surface area contributed by atoms with Gasteiger partial charge in [-0.15, -0.1) is 0 Å². The molecule has 3 rings (SSSR count). The van der Waals surface area contributed by atoms with Crippen LogP contribution in [0.2, 0.25) is 0 Å². The second kappa shape index (κ2) is 6.01. The highest BCUT2D eigenvalue weighted by atomic mass is 16.6. The van der Waals surface area contributed by atoms with Gasteiger partial charge in [-0.2, -0.15) is 0 Å². The van der Waals surface area contributed by atoms with Crippen molar-refractivity contribution in [2.75, 3.05) is 13.1 Å². The Morgan fingerprint density at radius 3 is 2.71 bits per heavy atom. The van der Waals surface area contributed by atoms with Crippen LogP contribution in [0, 0.1) is 10.1 Å². The van der Waals surface area contributed by atoms with Crippen molar-refractivity contribution in [1.82, 2.24) is 9.88 Å². The van der Waals surface area contributed by atoms with Crippen molar-refractivity contribution in [3.05, 3.63) is 70.0 Å². The minimum absolute atomic E-state index is 0.0536. The number of nitro groups is 1. The number of nitrogens with zero attached hydrogens (tertiary/aromatic N) is 3. The van der Waals surface area contributed by atoms with Crippen molar-refractivity contribution in [2.45, 2.75) is 18.9 Å². The van der Waals surface area contributed by atoms with E-state index in [4.69, 9.17) is 0 Å². The fourth-order valence-corrected chi connectivity index (χ4v) is 2.81. The number of hydrogen-bond acceptors (Lipinski definition) is 4. The number of likely N-dealkylation sites (tertiary alicyclic amines) is 1. The zero-order valence-corrected chi connectivity index (χ0v) is 11.7. The Balaban J connectivity index is 1.62. The van der Waals surface area contributed by atoms with E-state index in [2.05, 4.69) is 34.1 Å². The van der Waals surface area contributed by atoms with E-state index in [0.717, 1.165) is 31.7 Å². The number of benzene rings is 1. The molecular formula is C16H17N3O2. The van der Waals surface area contributed by atoms with Gasteiger partial charge in [-0.3, -0.25) is 20.0 Å². The lowest BCUT2D eigenvalue weighted by molar-refractivity contribution is -0.385. The van der Waals surface area contributed by atoms with E-state index in [-0.39, 0.29) is 5.69 Å². The SMILES string of the molecule is O=[N+]([O-])c1ccc(C2CCN(Cc3ccccc3)C2)nc1. The third kappa shape index (κ3) is 3.25. The summed E-state index contributed by atoms with van der Waals surface area (Å²) in [7, 11) is 0. The van der Waals surface area contributed by atoms with Crippen LogP contribution in [0.5, 0.6) is 0 Å². The topological polar surface area (TPSA) is 59.3 Å². The summed E-state index contributed by atoms with van der Waals surface area (Å²) in [4.78, 5) is 16.9. The fourth-order valence-electron chi connectivity index (χ4n) is 2.81. The van der Waals surface area contributed by atoms with Gasteiger partial charge in [0.2, 0.25) is 0 Å². The highest BCUT2D eigenvalue weighted by Crippen LogP contribution is 2.27. The Labute approximate surface area is 123 Å². The maximum Gasteiger partial charge on any atom is 0.287 e. The Bertz CT molecular complexity index is 613. The summed E-state index contributed by atoms with van der Waals surface area (Å²) in [5.74, 6) is 0.370. The molecule has 0 saturated carbocycles. The van der Waals surface area contributed by atoms with Crippen LogP contribution in [0.4, 0.5) is 5.69 Å². The zero-order chi connectivity index (χ0) is 14.7. The Kier molecular flexibility index (Phi) is 3.92. The smallest absolute Gasteiger partial charge is 0.287 e. The van der Waals surface area contributed by atoms with Gasteiger partial charge < -0.3 is 0 Å². The largest absolute Gasteiger partial charge is 0.298 e. The summed E-state index contributed by atoms with van der Waals surface area (Å²) in [5, 5.41) is 10.6. The van der Waals surface area contributed by atoms with Gasteiger partial charge in [0.15, 0.2) is 0 Å². The first-order valence-corrected chi connectivity index (χ1v) is 7.09. The van der Waals surface area contributed by atoms with Crippen molar-refractivity contribution in [3.63, 3.8) is 0 Å². The van der Waals surface area contributed by atoms with Crippen molar-refractivity contribution in [3.8, 4) is 0 Å². The van der Waals surface area contributed by atoms with Gasteiger partial charge in [-0.05, 0) is 24.6 Å². The molecular weight excluding hydrogens is 266 g/mol. The lowest BCUT2D eigenvalue weighted by atomic mass is 10.0. The van der Waals surface area contributed by atoms with Crippen LogP contribution >= 0.6 is 0 Å². The summed E-state index contributed by atoms with van der Waals surface area (Å²) in [6.07, 6.45) is 2.41. The monoisotopic (exact) mass is 283 g/mol. The van der Waals surface area contributed by atoms with E-state index >= 15 is 0 Å². The van der Waals surface area contributed by atoms with Crippen LogP contribution in [-0.4, -0.2) is 27.9 Å². The Morgan fingerprint density at radius 1 is 1.24 bits per heavy atom. The van der Waals surface area contributed by atoms with E-state index in [0.29, 0.717) is 5.92 Å². The molecule has 1 fully saturated rings. The minimum Gasteiger partial charge on any atom is -0.298 e. The first-order valence-electron chi connectivity index (χ1n) is 7.09. The average molecular weight is 283 g/mol. The molecule has 1 aliphatic heterocycles.